The van der Waals surface area contributed by atoms with Gasteiger partial charge in [0.1, 0.15) is 6.29 Å². The third kappa shape index (κ3) is 5.51. The molecule has 0 saturated carbocycles. The van der Waals surface area contributed by atoms with Crippen LogP contribution in [0, 0.1) is 0 Å². The molecule has 0 aliphatic heterocycles. The molecule has 0 N–H and O–H groups in total. The van der Waals surface area contributed by atoms with Crippen LogP contribution in [0.1, 0.15) is 20.3 Å². The number of carbonyl (C=O) groups excluding carboxylic acids is 1. The Balaban J connectivity index is 5.03. The molecule has 0 saturated heterocycles. The Hall–Kier alpha value is -0.100. The Kier molecular flexibility index (Phi) is 7.17. The minimum Gasteiger partial charge on any atom is -0.303 e. The molecule has 0 amide bonds. The topological polar surface area (TPSA) is 17.1 Å². The fourth-order valence-corrected chi connectivity index (χ4v) is 3.19. The molecule has 0 rings (SSSR count). The Morgan fingerprint density at radius 1 is 1.20 bits per heavy atom. The van der Waals surface area contributed by atoms with Crippen LogP contribution in [0.5, 0.6) is 0 Å². The summed E-state index contributed by atoms with van der Waals surface area (Å²) in [7, 11) is 0. The van der Waals surface area contributed by atoms with E-state index in [1.807, 2.05) is 0 Å². The summed E-state index contributed by atoms with van der Waals surface area (Å²) >= 11 is 2.28. The minimum atomic E-state index is -4.40. The molecule has 6 heteroatoms. The van der Waals surface area contributed by atoms with Gasteiger partial charge in [0.25, 0.3) is 0 Å². The lowest BCUT2D eigenvalue weighted by Crippen LogP contribution is -2.14. The first-order valence-corrected chi connectivity index (χ1v) is 6.44. The van der Waals surface area contributed by atoms with Gasteiger partial charge in [-0.15, -0.1) is 23.5 Å². The molecule has 0 aromatic rings. The Morgan fingerprint density at radius 2 is 1.67 bits per heavy atom. The van der Waals surface area contributed by atoms with Crippen molar-refractivity contribution in [3.63, 3.8) is 0 Å². The van der Waals surface area contributed by atoms with E-state index >= 15 is 0 Å². The quantitative estimate of drug-likeness (QED) is 0.673. The van der Waals surface area contributed by atoms with Gasteiger partial charge in [-0.3, -0.25) is 0 Å². The first-order chi connectivity index (χ1) is 6.97. The molecule has 15 heavy (non-hydrogen) atoms. The van der Waals surface area contributed by atoms with E-state index in [9.17, 15) is 18.0 Å². The van der Waals surface area contributed by atoms with E-state index < -0.39 is 18.2 Å². The van der Waals surface area contributed by atoms with Crippen molar-refractivity contribution in [1.82, 2.24) is 0 Å². The fraction of sp³-hybridized carbons (Fsp3) is 0.667. The molecule has 0 radical (unpaired) electrons. The van der Waals surface area contributed by atoms with E-state index in [2.05, 4.69) is 0 Å². The van der Waals surface area contributed by atoms with E-state index in [-0.39, 0.29) is 4.24 Å². The Bertz CT molecular complexity index is 228. The zero-order chi connectivity index (χ0) is 11.9. The van der Waals surface area contributed by atoms with Crippen LogP contribution < -0.4 is 0 Å². The summed E-state index contributed by atoms with van der Waals surface area (Å²) in [5, 5.41) is 0. The number of rotatable bonds is 6. The van der Waals surface area contributed by atoms with Crippen LogP contribution in [0.15, 0.2) is 9.81 Å². The highest BCUT2D eigenvalue weighted by Gasteiger charge is 2.35. The molecular weight excluding hydrogens is 245 g/mol. The number of hydrogen-bond acceptors (Lipinski definition) is 3. The summed E-state index contributed by atoms with van der Waals surface area (Å²) in [5.74, 6) is 1.14. The lowest BCUT2D eigenvalue weighted by atomic mass is 10.2. The van der Waals surface area contributed by atoms with Gasteiger partial charge >= 0.3 is 6.18 Å². The van der Waals surface area contributed by atoms with E-state index in [0.717, 1.165) is 23.5 Å². The minimum absolute atomic E-state index is 0.222. The largest absolute Gasteiger partial charge is 0.414 e. The highest BCUT2D eigenvalue weighted by atomic mass is 32.2. The van der Waals surface area contributed by atoms with Gasteiger partial charge in [0.2, 0.25) is 0 Å². The predicted octanol–water partition coefficient (Wildman–Crippen LogP) is 3.86. The average molecular weight is 258 g/mol. The highest BCUT2D eigenvalue weighted by molar-refractivity contribution is 8.22. The van der Waals surface area contributed by atoms with Crippen molar-refractivity contribution in [2.75, 3.05) is 11.5 Å². The van der Waals surface area contributed by atoms with Gasteiger partial charge in [0.05, 0.1) is 5.57 Å². The summed E-state index contributed by atoms with van der Waals surface area (Å²) in [6.45, 7) is 3.57. The molecule has 0 unspecified atom stereocenters. The number of hydrogen-bond donors (Lipinski definition) is 0. The molecule has 0 fully saturated rings. The second-order valence-electron chi connectivity index (χ2n) is 2.50. The van der Waals surface area contributed by atoms with Gasteiger partial charge in [0.15, 0.2) is 0 Å². The van der Waals surface area contributed by atoms with Crippen LogP contribution in [0.25, 0.3) is 0 Å². The molecule has 0 aromatic carbocycles. The maximum Gasteiger partial charge on any atom is 0.414 e. The normalized spacial score (nSPS) is 11.3. The number of halogens is 3. The van der Waals surface area contributed by atoms with Gasteiger partial charge in [-0.05, 0) is 11.5 Å². The first-order valence-electron chi connectivity index (χ1n) is 4.46. The van der Waals surface area contributed by atoms with Crippen LogP contribution in [-0.4, -0.2) is 24.0 Å². The summed E-state index contributed by atoms with van der Waals surface area (Å²) in [6, 6.07) is 0. The van der Waals surface area contributed by atoms with Gasteiger partial charge in [-0.2, -0.15) is 13.2 Å². The molecule has 1 nitrogen and oxygen atoms in total. The van der Waals surface area contributed by atoms with Gasteiger partial charge in [-0.1, -0.05) is 13.8 Å². The summed E-state index contributed by atoms with van der Waals surface area (Å²) in [6.07, 6.45) is -4.66. The zero-order valence-electron chi connectivity index (χ0n) is 8.56. The second kappa shape index (κ2) is 7.22. The van der Waals surface area contributed by atoms with Crippen LogP contribution in [-0.2, 0) is 4.79 Å². The van der Waals surface area contributed by atoms with Crippen molar-refractivity contribution in [3.05, 3.63) is 9.81 Å². The average Bonchev–Trinajstić information content (AvgIpc) is 2.12. The SMILES string of the molecule is CCSC(SCC)=C(CC=O)C(F)(F)F. The maximum atomic E-state index is 12.6. The third-order valence-electron chi connectivity index (χ3n) is 1.43. The molecule has 0 atom stereocenters. The summed E-state index contributed by atoms with van der Waals surface area (Å²) in [4.78, 5) is 10.2. The number of allylic oxidation sites excluding steroid dienone is 1. The molecule has 0 aliphatic rings. The lowest BCUT2D eigenvalue weighted by molar-refractivity contribution is -0.113. The standard InChI is InChI=1S/C9H13F3OS2/c1-3-14-8(15-4-2)7(5-6-13)9(10,11)12/h6H,3-5H2,1-2H3. The van der Waals surface area contributed by atoms with Crippen molar-refractivity contribution in [2.45, 2.75) is 26.4 Å². The third-order valence-corrected chi connectivity index (χ3v) is 3.73. The van der Waals surface area contributed by atoms with Crippen molar-refractivity contribution in [2.24, 2.45) is 0 Å². The Morgan fingerprint density at radius 3 is 1.93 bits per heavy atom. The van der Waals surface area contributed by atoms with Crippen LogP contribution >= 0.6 is 23.5 Å². The van der Waals surface area contributed by atoms with E-state index in [0.29, 0.717) is 17.8 Å². The summed E-state index contributed by atoms with van der Waals surface area (Å²) in [5.41, 5.74) is -0.712. The van der Waals surface area contributed by atoms with Crippen molar-refractivity contribution in [3.8, 4) is 0 Å². The van der Waals surface area contributed by atoms with Crippen molar-refractivity contribution < 1.29 is 18.0 Å². The molecule has 0 bridgehead atoms. The van der Waals surface area contributed by atoms with Gasteiger partial charge in [0, 0.05) is 10.7 Å². The number of aldehydes is 1. The van der Waals surface area contributed by atoms with E-state index in [1.54, 1.807) is 13.8 Å². The van der Waals surface area contributed by atoms with Crippen molar-refractivity contribution >= 4 is 29.8 Å². The molecular formula is C9H13F3OS2. The van der Waals surface area contributed by atoms with Gasteiger partial charge in [-0.25, -0.2) is 0 Å². The van der Waals surface area contributed by atoms with Crippen molar-refractivity contribution in [1.29, 1.82) is 0 Å². The number of carbonyl (C=O) groups is 1. The maximum absolute atomic E-state index is 12.6. The number of alkyl halides is 3. The second-order valence-corrected chi connectivity index (χ2v) is 5.31. The fourth-order valence-electron chi connectivity index (χ4n) is 0.876. The highest BCUT2D eigenvalue weighted by Crippen LogP contribution is 2.40. The molecule has 0 aliphatic carbocycles. The van der Waals surface area contributed by atoms with E-state index in [4.69, 9.17) is 0 Å². The van der Waals surface area contributed by atoms with Crippen LogP contribution in [0.4, 0.5) is 13.2 Å². The predicted molar refractivity (Wildman–Crippen MR) is 60.0 cm³/mol. The molecule has 0 spiro atoms. The van der Waals surface area contributed by atoms with Crippen LogP contribution in [0.3, 0.4) is 0 Å². The smallest absolute Gasteiger partial charge is 0.303 e. The monoisotopic (exact) mass is 258 g/mol. The first kappa shape index (κ1) is 14.9. The molecule has 0 aromatic heterocycles. The summed E-state index contributed by atoms with van der Waals surface area (Å²) < 4.78 is 37.9. The van der Waals surface area contributed by atoms with Gasteiger partial charge < -0.3 is 4.79 Å². The lowest BCUT2D eigenvalue weighted by Gasteiger charge is -2.14. The van der Waals surface area contributed by atoms with Crippen LogP contribution in [0.2, 0.25) is 0 Å². The molecule has 0 heterocycles. The zero-order valence-corrected chi connectivity index (χ0v) is 10.2. The molecule has 88 valence electrons. The number of thioether (sulfide) groups is 2. The Labute approximate surface area is 95.9 Å². The van der Waals surface area contributed by atoms with E-state index in [1.165, 1.54) is 0 Å².